The third kappa shape index (κ3) is 5.38. The largest absolute Gasteiger partial charge is 0.411 e. The van der Waals surface area contributed by atoms with E-state index in [9.17, 15) is 14.0 Å². The van der Waals surface area contributed by atoms with Crippen LogP contribution in [0.3, 0.4) is 0 Å². The van der Waals surface area contributed by atoms with E-state index in [2.05, 4.69) is 20.8 Å². The van der Waals surface area contributed by atoms with Gasteiger partial charge >= 0.3 is 0 Å². The Morgan fingerprint density at radius 2 is 1.59 bits per heavy atom. The number of nitrogens with zero attached hydrogens (tertiary/aromatic N) is 2. The minimum Gasteiger partial charge on any atom is -0.411 e. The van der Waals surface area contributed by atoms with Gasteiger partial charge in [0.1, 0.15) is 5.82 Å². The van der Waals surface area contributed by atoms with Crippen LogP contribution in [0.4, 0.5) is 15.8 Å². The second-order valence-corrected chi connectivity index (χ2v) is 7.51. The number of benzene rings is 3. The summed E-state index contributed by atoms with van der Waals surface area (Å²) in [5.41, 5.74) is 1.96. The van der Waals surface area contributed by atoms with Gasteiger partial charge in [0.15, 0.2) is 0 Å². The smallest absolute Gasteiger partial charge is 0.277 e. The Labute approximate surface area is 187 Å². The molecule has 7 nitrogen and oxygen atoms in total. The molecule has 0 unspecified atom stereocenters. The summed E-state index contributed by atoms with van der Waals surface area (Å²) in [6.07, 6.45) is 0. The van der Waals surface area contributed by atoms with E-state index in [1.54, 1.807) is 36.4 Å². The van der Waals surface area contributed by atoms with Gasteiger partial charge in [-0.3, -0.25) is 9.59 Å². The van der Waals surface area contributed by atoms with Crippen LogP contribution < -0.4 is 10.6 Å². The molecule has 2 amide bonds. The zero-order valence-corrected chi connectivity index (χ0v) is 17.4. The van der Waals surface area contributed by atoms with Gasteiger partial charge in [-0.15, -0.1) is 10.2 Å². The lowest BCUT2D eigenvalue weighted by Gasteiger charge is -2.11. The normalized spacial score (nSPS) is 10.5. The number of carbonyl (C=O) groups excluding carboxylic acids is 2. The minimum atomic E-state index is -0.364. The summed E-state index contributed by atoms with van der Waals surface area (Å²) in [6.45, 7) is 0. The van der Waals surface area contributed by atoms with Gasteiger partial charge in [0.25, 0.3) is 11.1 Å². The minimum absolute atomic E-state index is 0.000308. The molecule has 1 aromatic heterocycles. The van der Waals surface area contributed by atoms with Crippen LogP contribution >= 0.6 is 11.8 Å². The Hall–Kier alpha value is -3.98. The average Bonchev–Trinajstić information content (AvgIpc) is 3.28. The highest BCUT2D eigenvalue weighted by Crippen LogP contribution is 2.24. The Morgan fingerprint density at radius 3 is 2.38 bits per heavy atom. The number of thioether (sulfide) groups is 1. The highest BCUT2D eigenvalue weighted by molar-refractivity contribution is 7.99. The van der Waals surface area contributed by atoms with E-state index in [1.165, 1.54) is 24.3 Å². The van der Waals surface area contributed by atoms with Crippen molar-refractivity contribution in [3.05, 3.63) is 90.2 Å². The molecule has 0 aliphatic heterocycles. The van der Waals surface area contributed by atoms with Crippen LogP contribution in [0.1, 0.15) is 10.4 Å². The molecule has 0 fully saturated rings. The third-order valence-corrected chi connectivity index (χ3v) is 5.12. The molecule has 2 N–H and O–H groups in total. The first-order valence-corrected chi connectivity index (χ1v) is 10.5. The number of hydrogen-bond acceptors (Lipinski definition) is 6. The van der Waals surface area contributed by atoms with E-state index >= 15 is 0 Å². The van der Waals surface area contributed by atoms with Crippen LogP contribution in [0.5, 0.6) is 0 Å². The number of carbonyl (C=O) groups is 2. The molecule has 4 aromatic rings. The average molecular weight is 448 g/mol. The van der Waals surface area contributed by atoms with Crippen LogP contribution in [0.25, 0.3) is 11.5 Å². The summed E-state index contributed by atoms with van der Waals surface area (Å²) in [6, 6.07) is 21.4. The molecule has 3 aromatic carbocycles. The molecule has 160 valence electrons. The van der Waals surface area contributed by atoms with E-state index in [-0.39, 0.29) is 34.5 Å². The molecule has 0 aliphatic rings. The molecule has 9 heteroatoms. The van der Waals surface area contributed by atoms with E-state index in [4.69, 9.17) is 4.42 Å². The monoisotopic (exact) mass is 448 g/mol. The molecule has 0 atom stereocenters. The first-order valence-electron chi connectivity index (χ1n) is 9.56. The first-order chi connectivity index (χ1) is 15.6. The molecule has 0 saturated carbocycles. The molecule has 1 heterocycles. The molecule has 0 bridgehead atoms. The van der Waals surface area contributed by atoms with Crippen molar-refractivity contribution in [2.24, 2.45) is 0 Å². The molecule has 0 spiro atoms. The van der Waals surface area contributed by atoms with Gasteiger partial charge in [0, 0.05) is 11.3 Å². The van der Waals surface area contributed by atoms with Crippen molar-refractivity contribution in [1.29, 1.82) is 0 Å². The van der Waals surface area contributed by atoms with Crippen LogP contribution in [-0.4, -0.2) is 27.8 Å². The topological polar surface area (TPSA) is 97.1 Å². The van der Waals surface area contributed by atoms with Gasteiger partial charge in [-0.1, -0.05) is 42.1 Å². The second kappa shape index (κ2) is 9.88. The lowest BCUT2D eigenvalue weighted by molar-refractivity contribution is -0.113. The maximum Gasteiger partial charge on any atom is 0.277 e. The van der Waals surface area contributed by atoms with Crippen molar-refractivity contribution in [2.75, 3.05) is 16.4 Å². The Kier molecular flexibility index (Phi) is 6.57. The van der Waals surface area contributed by atoms with Crippen molar-refractivity contribution >= 4 is 35.0 Å². The van der Waals surface area contributed by atoms with E-state index < -0.39 is 0 Å². The second-order valence-electron chi connectivity index (χ2n) is 6.58. The van der Waals surface area contributed by atoms with E-state index in [0.717, 1.165) is 11.8 Å². The van der Waals surface area contributed by atoms with Crippen molar-refractivity contribution < 1.29 is 18.4 Å². The van der Waals surface area contributed by atoms with Gasteiger partial charge in [0.2, 0.25) is 11.8 Å². The summed E-state index contributed by atoms with van der Waals surface area (Å²) in [7, 11) is 0. The van der Waals surface area contributed by atoms with Gasteiger partial charge in [0.05, 0.1) is 17.0 Å². The van der Waals surface area contributed by atoms with Crippen LogP contribution in [0.15, 0.2) is 88.5 Å². The predicted molar refractivity (Wildman–Crippen MR) is 120 cm³/mol. The van der Waals surface area contributed by atoms with Crippen molar-refractivity contribution in [3.63, 3.8) is 0 Å². The van der Waals surface area contributed by atoms with Crippen LogP contribution in [0, 0.1) is 5.82 Å². The molecule has 0 aliphatic carbocycles. The number of para-hydroxylation sites is 2. The SMILES string of the molecule is O=C(CSc1nnc(-c2ccc(F)cc2)o1)Nc1ccccc1C(=O)Nc1ccccc1. The Balaban J connectivity index is 1.37. The summed E-state index contributed by atoms with van der Waals surface area (Å²) in [5.74, 6) is -0.801. The standard InChI is InChI=1S/C23H17FN4O3S/c24-16-12-10-15(11-13-16)22-27-28-23(31-22)32-14-20(29)26-19-9-5-4-8-18(19)21(30)25-17-6-2-1-3-7-17/h1-13H,14H2,(H,25,30)(H,26,29). The predicted octanol–water partition coefficient (Wildman–Crippen LogP) is 4.86. The maximum absolute atomic E-state index is 13.0. The number of aromatic nitrogens is 2. The quantitative estimate of drug-likeness (QED) is 0.392. The summed E-state index contributed by atoms with van der Waals surface area (Å²) in [5, 5.41) is 13.5. The van der Waals surface area contributed by atoms with Gasteiger partial charge < -0.3 is 15.1 Å². The van der Waals surface area contributed by atoms with Gasteiger partial charge in [-0.2, -0.15) is 0 Å². The lowest BCUT2D eigenvalue weighted by Crippen LogP contribution is -2.19. The highest BCUT2D eigenvalue weighted by atomic mass is 32.2. The number of anilines is 2. The maximum atomic E-state index is 13.0. The fraction of sp³-hybridized carbons (Fsp3) is 0.0435. The van der Waals surface area contributed by atoms with Crippen LogP contribution in [-0.2, 0) is 4.79 Å². The molecule has 0 saturated heterocycles. The highest BCUT2D eigenvalue weighted by Gasteiger charge is 2.15. The summed E-state index contributed by atoms with van der Waals surface area (Å²) < 4.78 is 18.6. The lowest BCUT2D eigenvalue weighted by atomic mass is 10.1. The number of rotatable bonds is 7. The fourth-order valence-corrected chi connectivity index (χ4v) is 3.36. The first kappa shape index (κ1) is 21.3. The number of amides is 2. The van der Waals surface area contributed by atoms with Crippen molar-refractivity contribution in [3.8, 4) is 11.5 Å². The van der Waals surface area contributed by atoms with Crippen molar-refractivity contribution in [1.82, 2.24) is 10.2 Å². The fourth-order valence-electron chi connectivity index (χ4n) is 2.80. The number of hydrogen-bond donors (Lipinski definition) is 2. The molecular weight excluding hydrogens is 431 g/mol. The summed E-state index contributed by atoms with van der Waals surface area (Å²) in [4.78, 5) is 25.1. The molecule has 0 radical (unpaired) electrons. The zero-order valence-electron chi connectivity index (χ0n) is 16.6. The van der Waals surface area contributed by atoms with Crippen molar-refractivity contribution in [2.45, 2.75) is 5.22 Å². The number of halogens is 1. The Bertz CT molecular complexity index is 1230. The third-order valence-electron chi connectivity index (χ3n) is 4.30. The van der Waals surface area contributed by atoms with E-state index in [1.807, 2.05) is 18.2 Å². The summed E-state index contributed by atoms with van der Waals surface area (Å²) >= 11 is 1.06. The Morgan fingerprint density at radius 1 is 0.875 bits per heavy atom. The molecule has 4 rings (SSSR count). The molecule has 32 heavy (non-hydrogen) atoms. The van der Waals surface area contributed by atoms with Gasteiger partial charge in [-0.25, -0.2) is 4.39 Å². The van der Waals surface area contributed by atoms with E-state index in [0.29, 0.717) is 22.5 Å². The molecular formula is C23H17FN4O3S. The number of nitrogens with one attached hydrogen (secondary N) is 2. The zero-order chi connectivity index (χ0) is 22.3. The van der Waals surface area contributed by atoms with Gasteiger partial charge in [-0.05, 0) is 48.5 Å². The van der Waals surface area contributed by atoms with Crippen LogP contribution in [0.2, 0.25) is 0 Å².